The van der Waals surface area contributed by atoms with E-state index in [1.807, 2.05) is 0 Å². The molecule has 0 radical (unpaired) electrons. The first-order valence-electron chi connectivity index (χ1n) is 7.64. The summed E-state index contributed by atoms with van der Waals surface area (Å²) in [4.78, 5) is 0. The lowest BCUT2D eigenvalue weighted by molar-refractivity contribution is 0.219. The number of nitrogens with one attached hydrogen (secondary N) is 1. The summed E-state index contributed by atoms with van der Waals surface area (Å²) in [6, 6.07) is 0.568. The molecule has 0 heterocycles. The first-order valence-corrected chi connectivity index (χ1v) is 7.64. The van der Waals surface area contributed by atoms with Gasteiger partial charge in [-0.15, -0.1) is 0 Å². The van der Waals surface area contributed by atoms with Crippen LogP contribution < -0.4 is 11.1 Å². The zero-order valence-corrected chi connectivity index (χ0v) is 11.6. The van der Waals surface area contributed by atoms with E-state index in [0.717, 1.165) is 30.2 Å². The Bertz CT molecular complexity index is 225. The predicted octanol–water partition coefficient (Wildman–Crippen LogP) is 2.78. The minimum Gasteiger partial charge on any atom is -0.329 e. The van der Waals surface area contributed by atoms with Crippen LogP contribution in [0.15, 0.2) is 0 Å². The van der Waals surface area contributed by atoms with E-state index in [0.29, 0.717) is 6.04 Å². The van der Waals surface area contributed by atoms with Gasteiger partial charge in [0.15, 0.2) is 0 Å². The summed E-state index contributed by atoms with van der Waals surface area (Å²) in [6.45, 7) is 6.78. The van der Waals surface area contributed by atoms with Crippen LogP contribution in [0.25, 0.3) is 0 Å². The van der Waals surface area contributed by atoms with Crippen LogP contribution in [0, 0.1) is 23.7 Å². The zero-order chi connectivity index (χ0) is 12.3. The molecule has 0 aromatic rings. The summed E-state index contributed by atoms with van der Waals surface area (Å²) in [6.07, 6.45) is 8.51. The highest BCUT2D eigenvalue weighted by molar-refractivity contribution is 4.85. The quantitative estimate of drug-likeness (QED) is 0.747. The second-order valence-corrected chi connectivity index (χ2v) is 6.60. The molecule has 2 aliphatic rings. The van der Waals surface area contributed by atoms with E-state index in [1.54, 1.807) is 0 Å². The molecule has 3 N–H and O–H groups in total. The molecule has 0 spiro atoms. The van der Waals surface area contributed by atoms with Crippen molar-refractivity contribution in [3.8, 4) is 0 Å². The second kappa shape index (κ2) is 6.19. The molecule has 2 rings (SSSR count). The summed E-state index contributed by atoms with van der Waals surface area (Å²) >= 11 is 0. The number of hydrogen-bond acceptors (Lipinski definition) is 2. The van der Waals surface area contributed by atoms with Gasteiger partial charge in [0.05, 0.1) is 0 Å². The largest absolute Gasteiger partial charge is 0.329 e. The third-order valence-electron chi connectivity index (χ3n) is 4.93. The Morgan fingerprint density at radius 2 is 1.94 bits per heavy atom. The molecule has 100 valence electrons. The third kappa shape index (κ3) is 3.96. The van der Waals surface area contributed by atoms with Crippen LogP contribution in [0.2, 0.25) is 0 Å². The molecule has 4 atom stereocenters. The first-order chi connectivity index (χ1) is 8.20. The van der Waals surface area contributed by atoms with Gasteiger partial charge in [-0.3, -0.25) is 0 Å². The van der Waals surface area contributed by atoms with Crippen LogP contribution in [0.1, 0.15) is 52.4 Å². The minimum absolute atomic E-state index is 0.568. The molecule has 0 aliphatic heterocycles. The van der Waals surface area contributed by atoms with Gasteiger partial charge in [-0.1, -0.05) is 26.7 Å². The van der Waals surface area contributed by atoms with Gasteiger partial charge in [-0.25, -0.2) is 0 Å². The molecule has 0 amide bonds. The maximum absolute atomic E-state index is 5.96. The van der Waals surface area contributed by atoms with Crippen molar-refractivity contribution in [1.29, 1.82) is 0 Å². The molecule has 2 nitrogen and oxygen atoms in total. The van der Waals surface area contributed by atoms with Crippen LogP contribution >= 0.6 is 0 Å². The molecular formula is C15H30N2. The number of rotatable bonds is 6. The molecule has 0 saturated heterocycles. The van der Waals surface area contributed by atoms with E-state index in [9.17, 15) is 0 Å². The van der Waals surface area contributed by atoms with Gasteiger partial charge in [0.25, 0.3) is 0 Å². The van der Waals surface area contributed by atoms with E-state index in [4.69, 9.17) is 5.73 Å². The van der Waals surface area contributed by atoms with Gasteiger partial charge in [-0.05, 0) is 55.9 Å². The van der Waals surface area contributed by atoms with Crippen LogP contribution in [-0.4, -0.2) is 19.1 Å². The smallest absolute Gasteiger partial charge is 0.0218 e. The monoisotopic (exact) mass is 238 g/mol. The molecule has 0 bridgehead atoms. The highest BCUT2D eigenvalue weighted by Crippen LogP contribution is 2.36. The SMILES string of the molecule is CC1CCCC(C(CN)NCC(C)C2CC2)C1. The Labute approximate surface area is 107 Å². The summed E-state index contributed by atoms with van der Waals surface area (Å²) in [5.74, 6) is 3.59. The predicted molar refractivity (Wildman–Crippen MR) is 73.9 cm³/mol. The average Bonchev–Trinajstić information content (AvgIpc) is 3.13. The molecule has 17 heavy (non-hydrogen) atoms. The standard InChI is InChI=1S/C15H30N2/c1-11-4-3-5-14(8-11)15(9-16)17-10-12(2)13-6-7-13/h11-15,17H,3-10,16H2,1-2H3. The van der Waals surface area contributed by atoms with Gasteiger partial charge in [0.1, 0.15) is 0 Å². The first kappa shape index (κ1) is 13.4. The van der Waals surface area contributed by atoms with Crippen LogP contribution in [0.4, 0.5) is 0 Å². The van der Waals surface area contributed by atoms with Crippen molar-refractivity contribution in [1.82, 2.24) is 5.32 Å². The van der Waals surface area contributed by atoms with E-state index in [1.165, 1.54) is 45.1 Å². The van der Waals surface area contributed by atoms with Crippen molar-refractivity contribution < 1.29 is 0 Å². The fraction of sp³-hybridized carbons (Fsp3) is 1.00. The Kier molecular flexibility index (Phi) is 4.87. The van der Waals surface area contributed by atoms with Crippen molar-refractivity contribution in [2.75, 3.05) is 13.1 Å². The number of hydrogen-bond donors (Lipinski definition) is 2. The summed E-state index contributed by atoms with van der Waals surface area (Å²) in [7, 11) is 0. The molecular weight excluding hydrogens is 208 g/mol. The molecule has 2 aliphatic carbocycles. The lowest BCUT2D eigenvalue weighted by atomic mass is 9.78. The topological polar surface area (TPSA) is 38.0 Å². The fourth-order valence-corrected chi connectivity index (χ4v) is 3.46. The molecule has 0 aromatic carbocycles. The Morgan fingerprint density at radius 3 is 2.53 bits per heavy atom. The summed E-state index contributed by atoms with van der Waals surface area (Å²) in [5, 5.41) is 3.76. The second-order valence-electron chi connectivity index (χ2n) is 6.60. The van der Waals surface area contributed by atoms with E-state index in [-0.39, 0.29) is 0 Å². The zero-order valence-electron chi connectivity index (χ0n) is 11.6. The van der Waals surface area contributed by atoms with E-state index in [2.05, 4.69) is 19.2 Å². The lowest BCUT2D eigenvalue weighted by Crippen LogP contribution is -2.45. The van der Waals surface area contributed by atoms with Crippen molar-refractivity contribution >= 4 is 0 Å². The van der Waals surface area contributed by atoms with Gasteiger partial charge < -0.3 is 11.1 Å². The summed E-state index contributed by atoms with van der Waals surface area (Å²) < 4.78 is 0. The Hall–Kier alpha value is -0.0800. The van der Waals surface area contributed by atoms with Crippen LogP contribution in [-0.2, 0) is 0 Å². The van der Waals surface area contributed by atoms with Crippen molar-refractivity contribution in [3.63, 3.8) is 0 Å². The average molecular weight is 238 g/mol. The molecule has 2 heteroatoms. The minimum atomic E-state index is 0.568. The lowest BCUT2D eigenvalue weighted by Gasteiger charge is -2.34. The third-order valence-corrected chi connectivity index (χ3v) is 4.93. The molecule has 0 aromatic heterocycles. The normalized spacial score (nSPS) is 33.4. The molecule has 4 unspecified atom stereocenters. The molecule has 2 fully saturated rings. The van der Waals surface area contributed by atoms with Crippen molar-refractivity contribution in [2.45, 2.75) is 58.4 Å². The maximum atomic E-state index is 5.96. The highest BCUT2D eigenvalue weighted by atomic mass is 14.9. The van der Waals surface area contributed by atoms with E-state index >= 15 is 0 Å². The van der Waals surface area contributed by atoms with Crippen LogP contribution in [0.5, 0.6) is 0 Å². The fourth-order valence-electron chi connectivity index (χ4n) is 3.46. The van der Waals surface area contributed by atoms with E-state index < -0.39 is 0 Å². The Morgan fingerprint density at radius 1 is 1.18 bits per heavy atom. The Balaban J connectivity index is 1.74. The molecule has 2 saturated carbocycles. The van der Waals surface area contributed by atoms with Crippen molar-refractivity contribution in [3.05, 3.63) is 0 Å². The van der Waals surface area contributed by atoms with Gasteiger partial charge in [-0.2, -0.15) is 0 Å². The van der Waals surface area contributed by atoms with Gasteiger partial charge in [0.2, 0.25) is 0 Å². The number of nitrogens with two attached hydrogens (primary N) is 1. The van der Waals surface area contributed by atoms with Gasteiger partial charge in [0, 0.05) is 12.6 Å². The van der Waals surface area contributed by atoms with Gasteiger partial charge >= 0.3 is 0 Å². The van der Waals surface area contributed by atoms with Crippen LogP contribution in [0.3, 0.4) is 0 Å². The van der Waals surface area contributed by atoms with Crippen molar-refractivity contribution in [2.24, 2.45) is 29.4 Å². The highest BCUT2D eigenvalue weighted by Gasteiger charge is 2.30. The maximum Gasteiger partial charge on any atom is 0.0218 e. The summed E-state index contributed by atoms with van der Waals surface area (Å²) in [5.41, 5.74) is 5.96.